The fourth-order valence-electron chi connectivity index (χ4n) is 4.99. The lowest BCUT2D eigenvalue weighted by Gasteiger charge is -2.36. The first kappa shape index (κ1) is 23.5. The summed E-state index contributed by atoms with van der Waals surface area (Å²) in [4.78, 5) is 25.4. The van der Waals surface area contributed by atoms with Crippen LogP contribution in [0.2, 0.25) is 0 Å². The number of carbonyl (C=O) groups excluding carboxylic acids is 1. The molecule has 0 radical (unpaired) electrons. The summed E-state index contributed by atoms with van der Waals surface area (Å²) in [6.07, 6.45) is 5.90. The molecule has 4 heterocycles. The number of rotatable bonds is 5. The Hall–Kier alpha value is -3.24. The highest BCUT2D eigenvalue weighted by atomic mass is 32.1. The van der Waals surface area contributed by atoms with Crippen LogP contribution in [0.1, 0.15) is 29.3 Å². The molecule has 1 amide bonds. The second-order valence-corrected chi connectivity index (χ2v) is 9.97. The minimum atomic E-state index is -0.0217. The number of nitrogens with zero attached hydrogens (tertiary/aromatic N) is 5. The van der Waals surface area contributed by atoms with Crippen molar-refractivity contribution >= 4 is 46.0 Å². The lowest BCUT2D eigenvalue weighted by Crippen LogP contribution is -2.50. The number of anilines is 1. The molecule has 35 heavy (non-hydrogen) atoms. The Morgan fingerprint density at radius 3 is 3.03 bits per heavy atom. The number of carbonyl (C=O) groups is 1. The Labute approximate surface area is 208 Å². The zero-order valence-corrected chi connectivity index (χ0v) is 21.1. The zero-order chi connectivity index (χ0) is 24.5. The van der Waals surface area contributed by atoms with Gasteiger partial charge in [0.1, 0.15) is 10.8 Å². The fourth-order valence-corrected chi connectivity index (χ4v) is 6.22. The molecular formula is C25H30N6O3S. The standard InChI is InChI=1S/C25H30N6O3S/c1-15-14-34-10-9-30(15)25(32)16-5-6-18-21(11-16)35-24(27-3)22(18)23(26-2)29-19-12-17-7-8-28-31(17)13-20(19)33-4/h7-8,12-13,15-16H,3,5-6,9-11,14H2,1-2,4H3,(H,26,29)/t15-,16-/m0/s1. The molecule has 0 bridgehead atoms. The normalized spacial score (nSPS) is 20.5. The van der Waals surface area contributed by atoms with Gasteiger partial charge >= 0.3 is 0 Å². The topological polar surface area (TPSA) is 92.8 Å². The number of aromatic nitrogens is 2. The highest BCUT2D eigenvalue weighted by Crippen LogP contribution is 2.42. The highest BCUT2D eigenvalue weighted by molar-refractivity contribution is 7.16. The summed E-state index contributed by atoms with van der Waals surface area (Å²) in [6.45, 7) is 7.75. The van der Waals surface area contributed by atoms with Gasteiger partial charge in [0, 0.05) is 30.6 Å². The smallest absolute Gasteiger partial charge is 0.226 e. The minimum Gasteiger partial charge on any atom is -0.493 e. The minimum absolute atomic E-state index is 0.0217. The van der Waals surface area contributed by atoms with Gasteiger partial charge in [-0.25, -0.2) is 4.52 Å². The number of thiophene rings is 1. The number of hydrogen-bond acceptors (Lipinski definition) is 7. The SMILES string of the molecule is C=Nc1sc2c(c1/C(=N\C)Nc1cc3ccnn3cc1OC)CC[C@H](C(=O)N1CCOC[C@@H]1C)C2. The molecule has 2 aliphatic rings. The van der Waals surface area contributed by atoms with Crippen molar-refractivity contribution in [2.24, 2.45) is 15.9 Å². The van der Waals surface area contributed by atoms with E-state index in [-0.39, 0.29) is 17.9 Å². The van der Waals surface area contributed by atoms with Crippen LogP contribution in [-0.4, -0.2) is 72.9 Å². The Bertz CT molecular complexity index is 1300. The van der Waals surface area contributed by atoms with Crippen molar-refractivity contribution in [3.05, 3.63) is 40.5 Å². The Morgan fingerprint density at radius 1 is 1.43 bits per heavy atom. The van der Waals surface area contributed by atoms with E-state index in [1.54, 1.807) is 36.2 Å². The molecule has 0 saturated carbocycles. The summed E-state index contributed by atoms with van der Waals surface area (Å²) < 4.78 is 12.9. The third kappa shape index (κ3) is 4.32. The number of aliphatic imine (C=N–C) groups is 2. The van der Waals surface area contributed by atoms with Crippen LogP contribution in [0.4, 0.5) is 10.7 Å². The Balaban J connectivity index is 1.43. The van der Waals surface area contributed by atoms with E-state index in [1.807, 2.05) is 23.2 Å². The number of amidine groups is 1. The first-order valence-electron chi connectivity index (χ1n) is 11.8. The van der Waals surface area contributed by atoms with E-state index in [9.17, 15) is 4.79 Å². The largest absolute Gasteiger partial charge is 0.493 e. The molecule has 2 atom stereocenters. The average Bonchev–Trinajstić information content (AvgIpc) is 3.49. The summed E-state index contributed by atoms with van der Waals surface area (Å²) in [7, 11) is 3.40. The second-order valence-electron chi connectivity index (χ2n) is 8.89. The van der Waals surface area contributed by atoms with Crippen molar-refractivity contribution < 1.29 is 14.3 Å². The third-order valence-corrected chi connectivity index (χ3v) is 8.01. The van der Waals surface area contributed by atoms with Gasteiger partial charge < -0.3 is 19.7 Å². The molecule has 1 aliphatic carbocycles. The van der Waals surface area contributed by atoms with E-state index < -0.39 is 0 Å². The van der Waals surface area contributed by atoms with E-state index in [0.29, 0.717) is 37.8 Å². The van der Waals surface area contributed by atoms with Crippen LogP contribution in [0.15, 0.2) is 34.5 Å². The summed E-state index contributed by atoms with van der Waals surface area (Å²) >= 11 is 1.61. The summed E-state index contributed by atoms with van der Waals surface area (Å²) in [6, 6.07) is 4.03. The molecule has 10 heteroatoms. The van der Waals surface area contributed by atoms with E-state index in [1.165, 1.54) is 10.4 Å². The van der Waals surface area contributed by atoms with Gasteiger partial charge in [0.2, 0.25) is 5.91 Å². The van der Waals surface area contributed by atoms with Crippen LogP contribution < -0.4 is 10.1 Å². The molecular weight excluding hydrogens is 464 g/mol. The van der Waals surface area contributed by atoms with Crippen molar-refractivity contribution in [3.63, 3.8) is 0 Å². The Morgan fingerprint density at radius 2 is 2.29 bits per heavy atom. The third-order valence-electron chi connectivity index (χ3n) is 6.82. The molecule has 0 spiro atoms. The van der Waals surface area contributed by atoms with Crippen LogP contribution in [0.3, 0.4) is 0 Å². The van der Waals surface area contributed by atoms with Crippen molar-refractivity contribution in [2.45, 2.75) is 32.2 Å². The molecule has 0 aromatic carbocycles. The molecule has 9 nitrogen and oxygen atoms in total. The van der Waals surface area contributed by atoms with Gasteiger partial charge in [0.15, 0.2) is 5.75 Å². The van der Waals surface area contributed by atoms with Crippen molar-refractivity contribution in [2.75, 3.05) is 39.2 Å². The molecule has 3 aromatic heterocycles. The molecule has 3 aromatic rings. The van der Waals surface area contributed by atoms with Crippen LogP contribution in [0.5, 0.6) is 5.75 Å². The number of fused-ring (bicyclic) bond motifs is 2. The summed E-state index contributed by atoms with van der Waals surface area (Å²) in [5.74, 6) is 1.57. The number of hydrogen-bond donors (Lipinski definition) is 1. The number of pyridine rings is 1. The van der Waals surface area contributed by atoms with Gasteiger partial charge in [-0.1, -0.05) is 0 Å². The molecule has 1 fully saturated rings. The number of amides is 1. The number of nitrogens with one attached hydrogen (secondary N) is 1. The van der Waals surface area contributed by atoms with Crippen LogP contribution in [0, 0.1) is 5.92 Å². The van der Waals surface area contributed by atoms with Gasteiger partial charge in [-0.2, -0.15) is 5.10 Å². The quantitative estimate of drug-likeness (QED) is 0.432. The molecule has 1 saturated heterocycles. The van der Waals surface area contributed by atoms with Crippen molar-refractivity contribution in [1.82, 2.24) is 14.5 Å². The first-order valence-corrected chi connectivity index (χ1v) is 12.6. The van der Waals surface area contributed by atoms with E-state index in [4.69, 9.17) is 9.47 Å². The van der Waals surface area contributed by atoms with Gasteiger partial charge in [-0.3, -0.25) is 14.8 Å². The van der Waals surface area contributed by atoms with E-state index in [2.05, 4.69) is 34.0 Å². The Kier molecular flexibility index (Phi) is 6.57. The fraction of sp³-hybridized carbons (Fsp3) is 0.440. The zero-order valence-electron chi connectivity index (χ0n) is 20.3. The van der Waals surface area contributed by atoms with E-state index >= 15 is 0 Å². The van der Waals surface area contributed by atoms with Crippen molar-refractivity contribution in [1.29, 1.82) is 0 Å². The highest BCUT2D eigenvalue weighted by Gasteiger charge is 2.35. The maximum atomic E-state index is 13.3. The first-order chi connectivity index (χ1) is 17.0. The number of methoxy groups -OCH3 is 1. The lowest BCUT2D eigenvalue weighted by atomic mass is 9.85. The van der Waals surface area contributed by atoms with Gasteiger partial charge in [-0.05, 0) is 50.6 Å². The van der Waals surface area contributed by atoms with Gasteiger partial charge in [0.25, 0.3) is 0 Å². The predicted octanol–water partition coefficient (Wildman–Crippen LogP) is 3.58. The van der Waals surface area contributed by atoms with Gasteiger partial charge in [0.05, 0.1) is 49.3 Å². The summed E-state index contributed by atoms with van der Waals surface area (Å²) in [5.41, 5.74) is 3.90. The lowest BCUT2D eigenvalue weighted by molar-refractivity contribution is -0.143. The molecule has 1 aliphatic heterocycles. The average molecular weight is 495 g/mol. The predicted molar refractivity (Wildman–Crippen MR) is 139 cm³/mol. The molecule has 184 valence electrons. The van der Waals surface area contributed by atoms with Gasteiger partial charge in [-0.15, -0.1) is 11.3 Å². The van der Waals surface area contributed by atoms with Crippen LogP contribution in [-0.2, 0) is 22.4 Å². The van der Waals surface area contributed by atoms with E-state index in [0.717, 1.165) is 34.6 Å². The number of morpholine rings is 1. The monoisotopic (exact) mass is 494 g/mol. The van der Waals surface area contributed by atoms with Crippen LogP contribution >= 0.6 is 11.3 Å². The number of ether oxygens (including phenoxy) is 2. The van der Waals surface area contributed by atoms with Crippen molar-refractivity contribution in [3.8, 4) is 5.75 Å². The maximum absolute atomic E-state index is 13.3. The molecule has 1 N–H and O–H groups in total. The molecule has 5 rings (SSSR count). The summed E-state index contributed by atoms with van der Waals surface area (Å²) in [5, 5.41) is 8.56. The second kappa shape index (κ2) is 9.79. The molecule has 0 unspecified atom stereocenters. The maximum Gasteiger partial charge on any atom is 0.226 e. The van der Waals surface area contributed by atoms with Crippen LogP contribution in [0.25, 0.3) is 5.52 Å².